The second-order valence-corrected chi connectivity index (χ2v) is 5.63. The summed E-state index contributed by atoms with van der Waals surface area (Å²) >= 11 is 0. The molecular formula is C14H26N4O2. The quantitative estimate of drug-likeness (QED) is 0.499. The molecule has 0 aromatic carbocycles. The highest BCUT2D eigenvalue weighted by Gasteiger charge is 2.21. The zero-order chi connectivity index (χ0) is 14.2. The summed E-state index contributed by atoms with van der Waals surface area (Å²) in [7, 11) is 0. The second-order valence-electron chi connectivity index (χ2n) is 5.63. The van der Waals surface area contributed by atoms with Gasteiger partial charge < -0.3 is 21.3 Å². The largest absolute Gasteiger partial charge is 0.354 e. The molecule has 2 aliphatic heterocycles. The van der Waals surface area contributed by atoms with E-state index in [1.165, 1.54) is 0 Å². The molecule has 2 saturated heterocycles. The van der Waals surface area contributed by atoms with Gasteiger partial charge in [0.15, 0.2) is 0 Å². The summed E-state index contributed by atoms with van der Waals surface area (Å²) in [6.07, 6.45) is 3.64. The van der Waals surface area contributed by atoms with Crippen molar-refractivity contribution in [2.45, 2.75) is 25.7 Å². The molecule has 0 saturated carbocycles. The molecule has 0 aliphatic carbocycles. The van der Waals surface area contributed by atoms with Crippen molar-refractivity contribution >= 4 is 11.8 Å². The van der Waals surface area contributed by atoms with E-state index in [4.69, 9.17) is 0 Å². The van der Waals surface area contributed by atoms with E-state index in [-0.39, 0.29) is 23.7 Å². The van der Waals surface area contributed by atoms with Crippen LogP contribution in [0.2, 0.25) is 0 Å². The van der Waals surface area contributed by atoms with Crippen LogP contribution in [-0.4, -0.2) is 51.1 Å². The number of hydrogen-bond acceptors (Lipinski definition) is 4. The molecule has 0 atom stereocenters. The van der Waals surface area contributed by atoms with E-state index in [2.05, 4.69) is 21.3 Å². The van der Waals surface area contributed by atoms with E-state index in [0.717, 1.165) is 51.9 Å². The standard InChI is InChI=1S/C14H26N4O2/c19-13(11-1-5-15-6-2-11)17-9-10-18-14(20)12-3-7-16-8-4-12/h11-12,15-16H,1-10H2,(H,17,19)(H,18,20). The first-order valence-corrected chi connectivity index (χ1v) is 7.74. The summed E-state index contributed by atoms with van der Waals surface area (Å²) < 4.78 is 0. The molecule has 0 spiro atoms. The lowest BCUT2D eigenvalue weighted by molar-refractivity contribution is -0.127. The third kappa shape index (κ3) is 4.76. The van der Waals surface area contributed by atoms with Crippen LogP contribution in [0.4, 0.5) is 0 Å². The summed E-state index contributed by atoms with van der Waals surface area (Å²) in [4.78, 5) is 23.8. The molecule has 2 amide bonds. The van der Waals surface area contributed by atoms with Gasteiger partial charge in [-0.25, -0.2) is 0 Å². The van der Waals surface area contributed by atoms with Crippen LogP contribution in [0.5, 0.6) is 0 Å². The van der Waals surface area contributed by atoms with Crippen molar-refractivity contribution in [3.8, 4) is 0 Å². The number of nitrogens with one attached hydrogen (secondary N) is 4. The van der Waals surface area contributed by atoms with Gasteiger partial charge in [0.2, 0.25) is 11.8 Å². The molecule has 0 aromatic rings. The van der Waals surface area contributed by atoms with Crippen molar-refractivity contribution in [2.24, 2.45) is 11.8 Å². The Morgan fingerprint density at radius 2 is 1.10 bits per heavy atom. The van der Waals surface area contributed by atoms with Crippen molar-refractivity contribution in [1.82, 2.24) is 21.3 Å². The number of amides is 2. The fraction of sp³-hybridized carbons (Fsp3) is 0.857. The second kappa shape index (κ2) is 8.21. The van der Waals surface area contributed by atoms with Gasteiger partial charge in [-0.3, -0.25) is 9.59 Å². The van der Waals surface area contributed by atoms with Crippen LogP contribution >= 0.6 is 0 Å². The molecule has 0 radical (unpaired) electrons. The van der Waals surface area contributed by atoms with Crippen molar-refractivity contribution in [3.63, 3.8) is 0 Å². The van der Waals surface area contributed by atoms with E-state index < -0.39 is 0 Å². The topological polar surface area (TPSA) is 82.3 Å². The van der Waals surface area contributed by atoms with Crippen molar-refractivity contribution in [3.05, 3.63) is 0 Å². The van der Waals surface area contributed by atoms with Crippen LogP contribution in [0.15, 0.2) is 0 Å². The zero-order valence-corrected chi connectivity index (χ0v) is 12.0. The third-order valence-corrected chi connectivity index (χ3v) is 4.14. The SMILES string of the molecule is O=C(NCCNC(=O)C1CCNCC1)C1CCNCC1. The van der Waals surface area contributed by atoms with Gasteiger partial charge in [-0.2, -0.15) is 0 Å². The fourth-order valence-electron chi connectivity index (χ4n) is 2.83. The first kappa shape index (κ1) is 15.3. The molecular weight excluding hydrogens is 256 g/mol. The molecule has 2 fully saturated rings. The predicted octanol–water partition coefficient (Wildman–Crippen LogP) is -0.782. The Kier molecular flexibility index (Phi) is 6.26. The van der Waals surface area contributed by atoms with E-state index in [0.29, 0.717) is 13.1 Å². The average molecular weight is 282 g/mol. The molecule has 4 N–H and O–H groups in total. The Balaban J connectivity index is 1.56. The van der Waals surface area contributed by atoms with Gasteiger partial charge in [0, 0.05) is 24.9 Å². The Hall–Kier alpha value is -1.14. The molecule has 6 heteroatoms. The Morgan fingerprint density at radius 1 is 0.750 bits per heavy atom. The minimum absolute atomic E-state index is 0.127. The van der Waals surface area contributed by atoms with Gasteiger partial charge in [0.05, 0.1) is 0 Å². The Bertz CT molecular complexity index is 291. The number of piperidine rings is 2. The third-order valence-electron chi connectivity index (χ3n) is 4.14. The molecule has 2 heterocycles. The number of carbonyl (C=O) groups is 2. The molecule has 2 rings (SSSR count). The number of rotatable bonds is 5. The van der Waals surface area contributed by atoms with Gasteiger partial charge in [0.25, 0.3) is 0 Å². The van der Waals surface area contributed by atoms with E-state index in [1.807, 2.05) is 0 Å². The van der Waals surface area contributed by atoms with E-state index in [9.17, 15) is 9.59 Å². The maximum Gasteiger partial charge on any atom is 0.223 e. The summed E-state index contributed by atoms with van der Waals surface area (Å²) in [5.41, 5.74) is 0. The lowest BCUT2D eigenvalue weighted by atomic mass is 9.97. The normalized spacial score (nSPS) is 21.4. The van der Waals surface area contributed by atoms with Gasteiger partial charge in [-0.15, -0.1) is 0 Å². The predicted molar refractivity (Wildman–Crippen MR) is 77.2 cm³/mol. The maximum atomic E-state index is 11.9. The summed E-state index contributed by atoms with van der Waals surface area (Å²) in [6, 6.07) is 0. The van der Waals surface area contributed by atoms with E-state index in [1.54, 1.807) is 0 Å². The molecule has 114 valence electrons. The zero-order valence-electron chi connectivity index (χ0n) is 12.0. The monoisotopic (exact) mass is 282 g/mol. The van der Waals surface area contributed by atoms with Crippen molar-refractivity contribution < 1.29 is 9.59 Å². The molecule has 0 unspecified atom stereocenters. The maximum absolute atomic E-state index is 11.9. The molecule has 0 aromatic heterocycles. The van der Waals surface area contributed by atoms with Gasteiger partial charge in [0.1, 0.15) is 0 Å². The molecule has 20 heavy (non-hydrogen) atoms. The van der Waals surface area contributed by atoms with Gasteiger partial charge in [-0.05, 0) is 51.9 Å². The van der Waals surface area contributed by atoms with Crippen LogP contribution in [0.3, 0.4) is 0 Å². The minimum atomic E-state index is 0.127. The lowest BCUT2D eigenvalue weighted by Crippen LogP contribution is -2.43. The number of hydrogen-bond donors (Lipinski definition) is 4. The van der Waals surface area contributed by atoms with Crippen molar-refractivity contribution in [2.75, 3.05) is 39.3 Å². The van der Waals surface area contributed by atoms with Gasteiger partial charge in [-0.1, -0.05) is 0 Å². The van der Waals surface area contributed by atoms with Crippen LogP contribution in [0.1, 0.15) is 25.7 Å². The first-order valence-electron chi connectivity index (χ1n) is 7.74. The van der Waals surface area contributed by atoms with Crippen LogP contribution < -0.4 is 21.3 Å². The minimum Gasteiger partial charge on any atom is -0.354 e. The summed E-state index contributed by atoms with van der Waals surface area (Å²) in [6.45, 7) is 4.74. The highest BCUT2D eigenvalue weighted by Crippen LogP contribution is 2.11. The summed E-state index contributed by atoms with van der Waals surface area (Å²) in [5, 5.41) is 12.3. The lowest BCUT2D eigenvalue weighted by Gasteiger charge is -2.23. The molecule has 2 aliphatic rings. The smallest absolute Gasteiger partial charge is 0.223 e. The highest BCUT2D eigenvalue weighted by atomic mass is 16.2. The van der Waals surface area contributed by atoms with E-state index >= 15 is 0 Å². The average Bonchev–Trinajstić information content (AvgIpc) is 2.53. The molecule has 0 bridgehead atoms. The highest BCUT2D eigenvalue weighted by molar-refractivity contribution is 5.80. The van der Waals surface area contributed by atoms with Crippen LogP contribution in [0, 0.1) is 11.8 Å². The van der Waals surface area contributed by atoms with Crippen LogP contribution in [0.25, 0.3) is 0 Å². The van der Waals surface area contributed by atoms with Crippen molar-refractivity contribution in [1.29, 1.82) is 0 Å². The summed E-state index contributed by atoms with van der Waals surface area (Å²) in [5.74, 6) is 0.526. The fourth-order valence-corrected chi connectivity index (χ4v) is 2.83. The Morgan fingerprint density at radius 3 is 1.45 bits per heavy atom. The first-order chi connectivity index (χ1) is 9.77. The van der Waals surface area contributed by atoms with Crippen LogP contribution in [-0.2, 0) is 9.59 Å². The van der Waals surface area contributed by atoms with Gasteiger partial charge >= 0.3 is 0 Å². The number of carbonyl (C=O) groups excluding carboxylic acids is 2. The molecule has 6 nitrogen and oxygen atoms in total. The Labute approximate surface area is 120 Å².